The van der Waals surface area contributed by atoms with Crippen LogP contribution in [0.1, 0.15) is 25.2 Å². The van der Waals surface area contributed by atoms with Gasteiger partial charge in [-0.25, -0.2) is 4.39 Å². The van der Waals surface area contributed by atoms with E-state index in [1.54, 1.807) is 6.07 Å². The van der Waals surface area contributed by atoms with Gasteiger partial charge < -0.3 is 4.42 Å². The molecule has 2 rings (SSSR count). The summed E-state index contributed by atoms with van der Waals surface area (Å²) in [4.78, 5) is 0. The van der Waals surface area contributed by atoms with E-state index in [-0.39, 0.29) is 5.56 Å². The molecule has 0 radical (unpaired) electrons. The number of hydrogen-bond acceptors (Lipinski definition) is 2. The van der Waals surface area contributed by atoms with Gasteiger partial charge in [0, 0.05) is 12.0 Å². The van der Waals surface area contributed by atoms with E-state index in [0.29, 0.717) is 11.3 Å². The van der Waals surface area contributed by atoms with Crippen LogP contribution in [0.15, 0.2) is 58.6 Å². The SMILES string of the molecule is C/C=C\C=C(/C)Cc1ccc(-c2ccc(F)c(C#N)c2)o1. The van der Waals surface area contributed by atoms with Gasteiger partial charge in [0.25, 0.3) is 0 Å². The molecule has 0 aliphatic carbocycles. The van der Waals surface area contributed by atoms with Crippen LogP contribution in [0, 0.1) is 17.1 Å². The number of hydrogen-bond donors (Lipinski definition) is 0. The van der Waals surface area contributed by atoms with E-state index in [0.717, 1.165) is 12.2 Å². The van der Waals surface area contributed by atoms with Crippen molar-refractivity contribution < 1.29 is 8.81 Å². The van der Waals surface area contributed by atoms with Gasteiger partial charge in [0.15, 0.2) is 0 Å². The summed E-state index contributed by atoms with van der Waals surface area (Å²) < 4.78 is 19.1. The molecule has 2 nitrogen and oxygen atoms in total. The van der Waals surface area contributed by atoms with E-state index in [1.165, 1.54) is 17.7 Å². The molecule has 1 heterocycles. The summed E-state index contributed by atoms with van der Waals surface area (Å²) in [5, 5.41) is 8.86. The van der Waals surface area contributed by atoms with Gasteiger partial charge in [-0.3, -0.25) is 0 Å². The maximum Gasteiger partial charge on any atom is 0.140 e. The fourth-order valence-corrected chi connectivity index (χ4v) is 1.99. The Morgan fingerprint density at radius 2 is 2.14 bits per heavy atom. The lowest BCUT2D eigenvalue weighted by atomic mass is 10.1. The second-order valence-corrected chi connectivity index (χ2v) is 4.79. The van der Waals surface area contributed by atoms with Crippen LogP contribution in [-0.4, -0.2) is 0 Å². The molecule has 0 aliphatic heterocycles. The second kappa shape index (κ2) is 6.71. The minimum atomic E-state index is -0.516. The smallest absolute Gasteiger partial charge is 0.140 e. The van der Waals surface area contributed by atoms with Crippen molar-refractivity contribution in [3.8, 4) is 17.4 Å². The zero-order chi connectivity index (χ0) is 15.2. The van der Waals surface area contributed by atoms with Crippen LogP contribution in [0.3, 0.4) is 0 Å². The number of allylic oxidation sites excluding steroid dienone is 4. The fraction of sp³-hybridized carbons (Fsp3) is 0.167. The van der Waals surface area contributed by atoms with Gasteiger partial charge in [0.05, 0.1) is 5.56 Å². The maximum atomic E-state index is 13.3. The van der Waals surface area contributed by atoms with Gasteiger partial charge >= 0.3 is 0 Å². The number of furan rings is 1. The van der Waals surface area contributed by atoms with E-state index in [1.807, 2.05) is 50.3 Å². The predicted octanol–water partition coefficient (Wildman–Crippen LogP) is 5.02. The van der Waals surface area contributed by atoms with Gasteiger partial charge in [0.2, 0.25) is 0 Å². The molecule has 2 aromatic rings. The molecule has 3 heteroatoms. The van der Waals surface area contributed by atoms with Crippen molar-refractivity contribution in [2.24, 2.45) is 0 Å². The predicted molar refractivity (Wildman–Crippen MR) is 81.1 cm³/mol. The van der Waals surface area contributed by atoms with Crippen molar-refractivity contribution in [3.63, 3.8) is 0 Å². The molecule has 0 aliphatic rings. The lowest BCUT2D eigenvalue weighted by Gasteiger charge is -2.00. The first-order valence-electron chi connectivity index (χ1n) is 6.71. The molecule has 0 amide bonds. The molecule has 0 saturated heterocycles. The molecule has 1 aromatic carbocycles. The molecular formula is C18H16FNO. The first kappa shape index (κ1) is 14.8. The fourth-order valence-electron chi connectivity index (χ4n) is 1.99. The van der Waals surface area contributed by atoms with Crippen LogP contribution in [-0.2, 0) is 6.42 Å². The molecule has 0 N–H and O–H groups in total. The minimum Gasteiger partial charge on any atom is -0.461 e. The van der Waals surface area contributed by atoms with Crippen LogP contribution in [0.4, 0.5) is 4.39 Å². The monoisotopic (exact) mass is 281 g/mol. The first-order valence-corrected chi connectivity index (χ1v) is 6.71. The average Bonchev–Trinajstić information content (AvgIpc) is 2.94. The van der Waals surface area contributed by atoms with Gasteiger partial charge in [-0.15, -0.1) is 0 Å². The Kier molecular flexibility index (Phi) is 4.73. The number of nitriles is 1. The lowest BCUT2D eigenvalue weighted by molar-refractivity contribution is 0.532. The molecule has 21 heavy (non-hydrogen) atoms. The molecule has 0 atom stereocenters. The Labute approximate surface area is 123 Å². The van der Waals surface area contributed by atoms with Crippen molar-refractivity contribution in [1.29, 1.82) is 5.26 Å². The van der Waals surface area contributed by atoms with Crippen LogP contribution in [0.2, 0.25) is 0 Å². The highest BCUT2D eigenvalue weighted by Crippen LogP contribution is 2.25. The van der Waals surface area contributed by atoms with Gasteiger partial charge in [-0.05, 0) is 44.2 Å². The third-order valence-corrected chi connectivity index (χ3v) is 3.06. The quantitative estimate of drug-likeness (QED) is 0.738. The van der Waals surface area contributed by atoms with E-state index >= 15 is 0 Å². The van der Waals surface area contributed by atoms with Crippen molar-refractivity contribution in [2.75, 3.05) is 0 Å². The van der Waals surface area contributed by atoms with Gasteiger partial charge in [-0.1, -0.05) is 23.8 Å². The minimum absolute atomic E-state index is 0.0228. The molecule has 0 unspecified atom stereocenters. The number of halogens is 1. The molecular weight excluding hydrogens is 265 g/mol. The number of nitrogens with zero attached hydrogens (tertiary/aromatic N) is 1. The van der Waals surface area contributed by atoms with Crippen molar-refractivity contribution >= 4 is 0 Å². The molecule has 1 aromatic heterocycles. The molecule has 0 spiro atoms. The summed E-state index contributed by atoms with van der Waals surface area (Å²) in [5.74, 6) is 0.963. The Hall–Kier alpha value is -2.60. The van der Waals surface area contributed by atoms with Crippen LogP contribution >= 0.6 is 0 Å². The zero-order valence-electron chi connectivity index (χ0n) is 12.1. The summed E-state index contributed by atoms with van der Waals surface area (Å²) in [6.07, 6.45) is 6.71. The van der Waals surface area contributed by atoms with Crippen molar-refractivity contribution in [1.82, 2.24) is 0 Å². The normalized spacial score (nSPS) is 11.8. The van der Waals surface area contributed by atoms with E-state index in [9.17, 15) is 4.39 Å². The maximum absolute atomic E-state index is 13.3. The Morgan fingerprint density at radius 3 is 2.86 bits per heavy atom. The van der Waals surface area contributed by atoms with E-state index in [2.05, 4.69) is 0 Å². The number of rotatable bonds is 4. The zero-order valence-corrected chi connectivity index (χ0v) is 12.1. The van der Waals surface area contributed by atoms with Crippen LogP contribution in [0.5, 0.6) is 0 Å². The summed E-state index contributed by atoms with van der Waals surface area (Å²) in [6.45, 7) is 4.00. The first-order chi connectivity index (χ1) is 10.1. The molecule has 106 valence electrons. The van der Waals surface area contributed by atoms with E-state index in [4.69, 9.17) is 9.68 Å². The second-order valence-electron chi connectivity index (χ2n) is 4.79. The Bertz CT molecular complexity index is 732. The molecule has 0 bridgehead atoms. The van der Waals surface area contributed by atoms with Crippen molar-refractivity contribution in [2.45, 2.75) is 20.3 Å². The average molecular weight is 281 g/mol. The summed E-state index contributed by atoms with van der Waals surface area (Å²) >= 11 is 0. The molecule has 0 saturated carbocycles. The van der Waals surface area contributed by atoms with Crippen molar-refractivity contribution in [3.05, 3.63) is 71.3 Å². The summed E-state index contributed by atoms with van der Waals surface area (Å²) in [5.41, 5.74) is 1.91. The highest BCUT2D eigenvalue weighted by Gasteiger charge is 2.08. The van der Waals surface area contributed by atoms with E-state index < -0.39 is 5.82 Å². The highest BCUT2D eigenvalue weighted by atomic mass is 19.1. The van der Waals surface area contributed by atoms with Gasteiger partial charge in [0.1, 0.15) is 23.4 Å². The highest BCUT2D eigenvalue weighted by molar-refractivity contribution is 5.60. The lowest BCUT2D eigenvalue weighted by Crippen LogP contribution is -1.85. The van der Waals surface area contributed by atoms with Crippen LogP contribution in [0.25, 0.3) is 11.3 Å². The topological polar surface area (TPSA) is 36.9 Å². The van der Waals surface area contributed by atoms with Crippen LogP contribution < -0.4 is 0 Å². The summed E-state index contributed by atoms with van der Waals surface area (Å²) in [6, 6.07) is 9.97. The largest absolute Gasteiger partial charge is 0.461 e. The third kappa shape index (κ3) is 3.70. The summed E-state index contributed by atoms with van der Waals surface area (Å²) in [7, 11) is 0. The van der Waals surface area contributed by atoms with Gasteiger partial charge in [-0.2, -0.15) is 5.26 Å². The standard InChI is InChI=1S/C18H16FNO/c1-3-4-5-13(2)10-16-7-9-18(21-16)14-6-8-17(19)15(11-14)12-20/h3-9,11H,10H2,1-2H3/b4-3-,13-5+. The Balaban J connectivity index is 2.22. The molecule has 0 fully saturated rings. The third-order valence-electron chi connectivity index (χ3n) is 3.06. The Morgan fingerprint density at radius 1 is 1.33 bits per heavy atom. The number of benzene rings is 1.